The van der Waals surface area contributed by atoms with Gasteiger partial charge >= 0.3 is 0 Å². The van der Waals surface area contributed by atoms with Gasteiger partial charge in [0.25, 0.3) is 0 Å². The first-order valence-corrected chi connectivity index (χ1v) is 9.13. The second kappa shape index (κ2) is 4.55. The Morgan fingerprint density at radius 2 is 1.74 bits per heavy atom. The number of thiophene rings is 1. The smallest absolute Gasteiger partial charge is 0.238 e. The molecule has 1 aliphatic heterocycles. The summed E-state index contributed by atoms with van der Waals surface area (Å²) >= 11 is 1.49. The Kier molecular flexibility index (Phi) is 2.67. The number of nitriles is 1. The number of allylic oxidation sites excluding steroid dienone is 2. The van der Waals surface area contributed by atoms with Gasteiger partial charge in [-0.15, -0.1) is 11.3 Å². The minimum absolute atomic E-state index is 0.0769. The van der Waals surface area contributed by atoms with Crippen molar-refractivity contribution in [3.8, 4) is 6.07 Å². The van der Waals surface area contributed by atoms with Crippen LogP contribution in [0.1, 0.15) is 35.3 Å². The maximum absolute atomic E-state index is 12.9. The fraction of sp³-hybridized carbons (Fsp3) is 0.500. The summed E-state index contributed by atoms with van der Waals surface area (Å²) < 4.78 is 0. The summed E-state index contributed by atoms with van der Waals surface area (Å²) in [6, 6.07) is 2.27. The van der Waals surface area contributed by atoms with Crippen LogP contribution in [0.25, 0.3) is 0 Å². The first-order chi connectivity index (χ1) is 11.2. The van der Waals surface area contributed by atoms with Crippen LogP contribution in [-0.4, -0.2) is 11.8 Å². The van der Waals surface area contributed by atoms with Crippen LogP contribution in [0.15, 0.2) is 12.2 Å². The molecule has 1 saturated carbocycles. The highest BCUT2D eigenvalue weighted by Crippen LogP contribution is 2.54. The highest BCUT2D eigenvalue weighted by molar-refractivity contribution is 7.17. The van der Waals surface area contributed by atoms with Gasteiger partial charge in [0.05, 0.1) is 17.4 Å². The maximum Gasteiger partial charge on any atom is 0.238 e. The third-order valence-electron chi connectivity index (χ3n) is 5.94. The van der Waals surface area contributed by atoms with Crippen molar-refractivity contribution < 1.29 is 9.59 Å². The number of fused-ring (bicyclic) bond motifs is 6. The van der Waals surface area contributed by atoms with Crippen LogP contribution in [0.5, 0.6) is 0 Å². The lowest BCUT2D eigenvalue weighted by molar-refractivity contribution is -0.123. The molecule has 4 atom stereocenters. The second-order valence-corrected chi connectivity index (χ2v) is 8.10. The van der Waals surface area contributed by atoms with E-state index in [4.69, 9.17) is 0 Å². The van der Waals surface area contributed by atoms with Crippen LogP contribution < -0.4 is 4.90 Å². The van der Waals surface area contributed by atoms with E-state index in [1.165, 1.54) is 21.1 Å². The van der Waals surface area contributed by atoms with E-state index in [1.807, 2.05) is 0 Å². The quantitative estimate of drug-likeness (QED) is 0.589. The van der Waals surface area contributed by atoms with Crippen molar-refractivity contribution in [3.05, 3.63) is 28.2 Å². The molecule has 23 heavy (non-hydrogen) atoms. The molecule has 2 amide bonds. The molecule has 2 bridgehead atoms. The van der Waals surface area contributed by atoms with Gasteiger partial charge in [-0.25, -0.2) is 4.90 Å². The number of aryl methyl sites for hydroxylation is 1. The molecule has 1 aromatic rings. The van der Waals surface area contributed by atoms with Gasteiger partial charge in [-0.2, -0.15) is 5.26 Å². The van der Waals surface area contributed by atoms with Gasteiger partial charge in [-0.1, -0.05) is 12.2 Å². The number of amides is 2. The van der Waals surface area contributed by atoms with E-state index in [9.17, 15) is 14.9 Å². The molecule has 1 saturated heterocycles. The molecular weight excluding hydrogens is 308 g/mol. The molecule has 2 fully saturated rings. The van der Waals surface area contributed by atoms with Gasteiger partial charge < -0.3 is 0 Å². The van der Waals surface area contributed by atoms with Crippen LogP contribution in [0.4, 0.5) is 5.00 Å². The highest BCUT2D eigenvalue weighted by atomic mass is 32.1. The minimum Gasteiger partial charge on any atom is -0.274 e. The second-order valence-electron chi connectivity index (χ2n) is 7.01. The van der Waals surface area contributed by atoms with E-state index in [0.717, 1.165) is 37.7 Å². The molecule has 0 aromatic carbocycles. The molecule has 2 heterocycles. The molecule has 5 heteroatoms. The van der Waals surface area contributed by atoms with Gasteiger partial charge in [-0.05, 0) is 49.5 Å². The zero-order valence-corrected chi connectivity index (χ0v) is 13.4. The van der Waals surface area contributed by atoms with Gasteiger partial charge in [0.15, 0.2) is 0 Å². The van der Waals surface area contributed by atoms with Crippen LogP contribution in [0, 0.1) is 35.0 Å². The van der Waals surface area contributed by atoms with E-state index in [-0.39, 0.29) is 35.5 Å². The van der Waals surface area contributed by atoms with Crippen LogP contribution >= 0.6 is 11.3 Å². The lowest BCUT2D eigenvalue weighted by Crippen LogP contribution is -2.32. The molecule has 116 valence electrons. The molecule has 4 unspecified atom stereocenters. The summed E-state index contributed by atoms with van der Waals surface area (Å²) in [6.45, 7) is 0. The average molecular weight is 324 g/mol. The third-order valence-corrected chi connectivity index (χ3v) is 7.21. The first kappa shape index (κ1) is 13.5. The largest absolute Gasteiger partial charge is 0.274 e. The summed E-state index contributed by atoms with van der Waals surface area (Å²) in [7, 11) is 0. The zero-order valence-electron chi connectivity index (χ0n) is 12.6. The summed E-state index contributed by atoms with van der Waals surface area (Å²) in [4.78, 5) is 28.4. The summed E-state index contributed by atoms with van der Waals surface area (Å²) in [5, 5.41) is 10.2. The Bertz CT molecular complexity index is 786. The van der Waals surface area contributed by atoms with Crippen molar-refractivity contribution in [2.45, 2.75) is 32.1 Å². The third kappa shape index (κ3) is 1.60. The molecule has 0 N–H and O–H groups in total. The van der Waals surface area contributed by atoms with E-state index in [2.05, 4.69) is 18.2 Å². The summed E-state index contributed by atoms with van der Waals surface area (Å²) in [6.07, 6.45) is 9.20. The van der Waals surface area contributed by atoms with Gasteiger partial charge in [-0.3, -0.25) is 9.59 Å². The highest BCUT2D eigenvalue weighted by Gasteiger charge is 2.60. The molecule has 1 aromatic heterocycles. The lowest BCUT2D eigenvalue weighted by atomic mass is 9.85. The average Bonchev–Trinajstić information content (AvgIpc) is 3.29. The van der Waals surface area contributed by atoms with Crippen molar-refractivity contribution in [2.24, 2.45) is 23.7 Å². The Morgan fingerprint density at radius 1 is 1.09 bits per heavy atom. The number of hydrogen-bond acceptors (Lipinski definition) is 4. The zero-order chi connectivity index (χ0) is 15.7. The minimum atomic E-state index is -0.192. The van der Waals surface area contributed by atoms with Crippen molar-refractivity contribution >= 4 is 28.2 Å². The lowest BCUT2D eigenvalue weighted by Gasteiger charge is -2.15. The van der Waals surface area contributed by atoms with Crippen molar-refractivity contribution in [1.29, 1.82) is 5.26 Å². The number of hydrogen-bond donors (Lipinski definition) is 0. The van der Waals surface area contributed by atoms with Crippen molar-refractivity contribution in [3.63, 3.8) is 0 Å². The van der Waals surface area contributed by atoms with Crippen molar-refractivity contribution in [2.75, 3.05) is 4.90 Å². The molecule has 5 rings (SSSR count). The molecule has 4 nitrogen and oxygen atoms in total. The van der Waals surface area contributed by atoms with Crippen LogP contribution in [0.3, 0.4) is 0 Å². The van der Waals surface area contributed by atoms with Crippen LogP contribution in [0.2, 0.25) is 0 Å². The number of carbonyl (C=O) groups is 2. The Labute approximate surface area is 138 Å². The number of rotatable bonds is 1. The van der Waals surface area contributed by atoms with E-state index < -0.39 is 0 Å². The summed E-state index contributed by atoms with van der Waals surface area (Å²) in [5.41, 5.74) is 1.66. The number of imide groups is 1. The Balaban J connectivity index is 1.61. The van der Waals surface area contributed by atoms with Crippen LogP contribution in [-0.2, 0) is 22.4 Å². The topological polar surface area (TPSA) is 61.2 Å². The van der Waals surface area contributed by atoms with Crippen molar-refractivity contribution in [1.82, 2.24) is 0 Å². The molecule has 3 aliphatic carbocycles. The normalized spacial score (nSPS) is 34.0. The molecular formula is C18H16N2O2S. The van der Waals surface area contributed by atoms with E-state index >= 15 is 0 Å². The Morgan fingerprint density at radius 3 is 2.39 bits per heavy atom. The SMILES string of the molecule is N#Cc1c(N2C(=O)C3C4C=CC(C4)C3C2=O)sc2c1CCCC2. The standard InChI is InChI=1S/C18H16N2O2S/c19-8-12-11-3-1-2-4-13(11)23-18(12)20-16(21)14-9-5-6-10(7-9)15(14)17(20)22/h5-6,9-10,14-15H,1-4,7H2. The van der Waals surface area contributed by atoms with Gasteiger partial charge in [0.2, 0.25) is 11.8 Å². The molecule has 0 radical (unpaired) electrons. The molecule has 4 aliphatic rings. The fourth-order valence-electron chi connectivity index (χ4n) is 4.93. The van der Waals surface area contributed by atoms with E-state index in [1.54, 1.807) is 0 Å². The number of carbonyl (C=O) groups excluding carboxylic acids is 2. The monoisotopic (exact) mass is 324 g/mol. The number of nitrogens with zero attached hydrogens (tertiary/aromatic N) is 2. The predicted molar refractivity (Wildman–Crippen MR) is 85.9 cm³/mol. The maximum atomic E-state index is 12.9. The molecule has 0 spiro atoms. The summed E-state index contributed by atoms with van der Waals surface area (Å²) in [5.74, 6) is -0.108. The van der Waals surface area contributed by atoms with Gasteiger partial charge in [0.1, 0.15) is 11.1 Å². The van der Waals surface area contributed by atoms with Gasteiger partial charge in [0, 0.05) is 4.88 Å². The predicted octanol–water partition coefficient (Wildman–Crippen LogP) is 2.81. The van der Waals surface area contributed by atoms with E-state index in [0.29, 0.717) is 10.6 Å². The number of anilines is 1. The first-order valence-electron chi connectivity index (χ1n) is 8.31. The fourth-order valence-corrected chi connectivity index (χ4v) is 6.28. The Hall–Kier alpha value is -1.93.